The molecule has 0 radical (unpaired) electrons. The van der Waals surface area contributed by atoms with Crippen molar-refractivity contribution in [3.05, 3.63) is 64.5 Å². The van der Waals surface area contributed by atoms with Crippen molar-refractivity contribution in [3.8, 4) is 0 Å². The van der Waals surface area contributed by atoms with Gasteiger partial charge in [-0.15, -0.1) is 4.90 Å². The second-order valence-corrected chi connectivity index (χ2v) is 11.7. The summed E-state index contributed by atoms with van der Waals surface area (Å²) in [5.41, 5.74) is -11.4. The number of halogens is 1. The van der Waals surface area contributed by atoms with Crippen molar-refractivity contribution in [3.63, 3.8) is 0 Å². The Morgan fingerprint density at radius 1 is 0.918 bits per heavy atom. The number of aliphatic hydroxyl groups is 12. The first-order valence-electron chi connectivity index (χ1n) is 13.8. The van der Waals surface area contributed by atoms with Crippen LogP contribution in [0.15, 0.2) is 36.4 Å². The Kier molecular flexibility index (Phi) is 7.25. The summed E-state index contributed by atoms with van der Waals surface area (Å²) in [5.74, 6) is -29.3. The Balaban J connectivity index is 1.40. The minimum atomic E-state index is -4.41. The van der Waals surface area contributed by atoms with Crippen LogP contribution in [-0.4, -0.2) is 126 Å². The van der Waals surface area contributed by atoms with E-state index in [-0.39, 0.29) is 4.90 Å². The fourth-order valence-electron chi connectivity index (χ4n) is 6.03. The SMILES string of the molecule is BC1(O)OC(O)(O)C(O)(O)N2C(O)(c3cccc(C(O)(O)Nc4cccc5c4C(O)(O)N(C4(O)CCC(=O)NC4=O)C5=O)c3F)OOC21O. The first-order chi connectivity index (χ1) is 22.3. The summed E-state index contributed by atoms with van der Waals surface area (Å²) in [4.78, 5) is 45.7. The van der Waals surface area contributed by atoms with Gasteiger partial charge in [0.1, 0.15) is 5.82 Å². The molecule has 6 rings (SSSR count). The number of hydrogen-bond acceptors (Lipinski definition) is 20. The van der Waals surface area contributed by atoms with Crippen LogP contribution in [0.25, 0.3) is 0 Å². The van der Waals surface area contributed by atoms with E-state index in [2.05, 4.69) is 14.5 Å². The van der Waals surface area contributed by atoms with Gasteiger partial charge in [0.25, 0.3) is 29.5 Å². The number of morpholine rings is 1. The quantitative estimate of drug-likeness (QED) is 0.0596. The van der Waals surface area contributed by atoms with Crippen LogP contribution in [0.1, 0.15) is 39.9 Å². The number of carbonyl (C=O) groups is 3. The maximum Gasteiger partial charge on any atom is 0.354 e. The lowest BCUT2D eigenvalue weighted by atomic mass is 9.86. The monoisotopic (exact) mass is 700 g/mol. The number of amides is 3. The number of carbonyl (C=O) groups excluding carboxylic acids is 3. The summed E-state index contributed by atoms with van der Waals surface area (Å²) in [6, 6.07) is 4.95. The molecule has 22 nitrogen and oxygen atoms in total. The molecule has 3 saturated heterocycles. The molecule has 4 aliphatic heterocycles. The summed E-state index contributed by atoms with van der Waals surface area (Å²) in [7, 11) is 0.472. The van der Waals surface area contributed by atoms with E-state index in [0.29, 0.717) is 20.0 Å². The van der Waals surface area contributed by atoms with Crippen LogP contribution in [0.3, 0.4) is 0 Å². The first-order valence-corrected chi connectivity index (χ1v) is 13.8. The Morgan fingerprint density at radius 2 is 1.55 bits per heavy atom. The number of ether oxygens (including phenoxy) is 1. The molecular weight excluding hydrogens is 674 g/mol. The number of piperidine rings is 1. The van der Waals surface area contributed by atoms with E-state index < -0.39 is 116 Å². The minimum absolute atomic E-state index is 0.0705. The van der Waals surface area contributed by atoms with Crippen LogP contribution >= 0.6 is 0 Å². The maximum atomic E-state index is 16.2. The van der Waals surface area contributed by atoms with E-state index in [1.807, 2.05) is 5.32 Å². The van der Waals surface area contributed by atoms with Gasteiger partial charge in [0, 0.05) is 18.5 Å². The van der Waals surface area contributed by atoms with Gasteiger partial charge in [-0.05, 0) is 24.3 Å². The highest BCUT2D eigenvalue weighted by atomic mass is 19.1. The molecule has 49 heavy (non-hydrogen) atoms. The molecule has 14 N–H and O–H groups in total. The van der Waals surface area contributed by atoms with Crippen LogP contribution in [0.4, 0.5) is 10.1 Å². The minimum Gasteiger partial charge on any atom is -0.368 e. The van der Waals surface area contributed by atoms with Crippen LogP contribution in [0, 0.1) is 5.82 Å². The van der Waals surface area contributed by atoms with Crippen LogP contribution < -0.4 is 10.6 Å². The van der Waals surface area contributed by atoms with Crippen LogP contribution in [0.5, 0.6) is 0 Å². The summed E-state index contributed by atoms with van der Waals surface area (Å²) in [6.07, 6.45) is -1.30. The molecule has 3 amide bonds. The molecule has 4 aliphatic rings. The molecule has 4 atom stereocenters. The summed E-state index contributed by atoms with van der Waals surface area (Å²) < 4.78 is 20.5. The smallest absolute Gasteiger partial charge is 0.354 e. The van der Waals surface area contributed by atoms with Crippen molar-refractivity contribution < 1.29 is 94.6 Å². The Hall–Kier alpha value is -3.80. The molecule has 2 aromatic carbocycles. The zero-order valence-corrected chi connectivity index (χ0v) is 24.5. The molecule has 4 unspecified atom stereocenters. The molecule has 24 heteroatoms. The lowest BCUT2D eigenvalue weighted by Crippen LogP contribution is -2.85. The van der Waals surface area contributed by atoms with E-state index in [1.165, 1.54) is 0 Å². The lowest BCUT2D eigenvalue weighted by molar-refractivity contribution is -0.613. The third-order valence-corrected chi connectivity index (χ3v) is 8.44. The van der Waals surface area contributed by atoms with Gasteiger partial charge >= 0.3 is 17.8 Å². The molecule has 0 saturated carbocycles. The zero-order chi connectivity index (χ0) is 36.5. The van der Waals surface area contributed by atoms with E-state index in [0.717, 1.165) is 24.3 Å². The number of anilines is 1. The Labute approximate surface area is 270 Å². The summed E-state index contributed by atoms with van der Waals surface area (Å²) in [5, 5.41) is 133. The van der Waals surface area contributed by atoms with Gasteiger partial charge in [0.05, 0.1) is 22.3 Å². The number of imide groups is 1. The van der Waals surface area contributed by atoms with Crippen molar-refractivity contribution in [2.45, 2.75) is 59.8 Å². The molecule has 264 valence electrons. The second kappa shape index (κ2) is 10.1. The van der Waals surface area contributed by atoms with E-state index in [4.69, 9.17) is 0 Å². The summed E-state index contributed by atoms with van der Waals surface area (Å²) in [6.45, 7) is 0. The van der Waals surface area contributed by atoms with Gasteiger partial charge in [-0.2, -0.15) is 9.78 Å². The largest absolute Gasteiger partial charge is 0.368 e. The molecular formula is C25H26BFN4O18. The number of nitrogens with one attached hydrogen (secondary N) is 2. The molecule has 0 aromatic heterocycles. The Morgan fingerprint density at radius 3 is 2.18 bits per heavy atom. The van der Waals surface area contributed by atoms with Gasteiger partial charge < -0.3 is 66.6 Å². The topological polar surface area (TPSA) is 352 Å². The van der Waals surface area contributed by atoms with Crippen molar-refractivity contribution in [2.24, 2.45) is 0 Å². The average molecular weight is 700 g/mol. The van der Waals surface area contributed by atoms with Gasteiger partial charge in [0.15, 0.2) is 7.85 Å². The number of fused-ring (bicyclic) bond motifs is 2. The Bertz CT molecular complexity index is 1810. The maximum absolute atomic E-state index is 16.2. The van der Waals surface area contributed by atoms with Crippen molar-refractivity contribution >= 4 is 31.3 Å². The second-order valence-electron chi connectivity index (χ2n) is 11.7. The lowest BCUT2D eigenvalue weighted by Gasteiger charge is -2.55. The van der Waals surface area contributed by atoms with Crippen LogP contribution in [-0.2, 0) is 41.8 Å². The highest BCUT2D eigenvalue weighted by molar-refractivity contribution is 6.14. The average Bonchev–Trinajstić information content (AvgIpc) is 3.38. The van der Waals surface area contributed by atoms with Gasteiger partial charge in [-0.25, -0.2) is 9.29 Å². The third kappa shape index (κ3) is 4.51. The normalized spacial score (nSPS) is 33.7. The number of hydrogen-bond donors (Lipinski definition) is 14. The fraction of sp³-hybridized carbons (Fsp3) is 0.400. The van der Waals surface area contributed by atoms with Crippen molar-refractivity contribution in [1.29, 1.82) is 0 Å². The number of rotatable bonds is 5. The van der Waals surface area contributed by atoms with Crippen molar-refractivity contribution in [2.75, 3.05) is 5.32 Å². The number of nitrogens with zero attached hydrogens (tertiary/aromatic N) is 2. The fourth-order valence-corrected chi connectivity index (χ4v) is 6.03. The molecule has 3 fully saturated rings. The zero-order valence-electron chi connectivity index (χ0n) is 24.5. The molecule has 4 heterocycles. The highest BCUT2D eigenvalue weighted by Crippen LogP contribution is 2.55. The van der Waals surface area contributed by atoms with Gasteiger partial charge in [-0.1, -0.05) is 12.1 Å². The predicted octanol–water partition coefficient (Wildman–Crippen LogP) is -7.69. The summed E-state index contributed by atoms with van der Waals surface area (Å²) >= 11 is 0. The standard InChI is InChI=1S/C25H26BFN4O18/c26-22(41)24(44)31(23(42,43)25(45,46)47-22)21(40,48-49-24)11-5-2-4-10(15(11)27)19(36,37)29-12-6-1-3-9-14(12)20(38,39)30(16(9)33)18(35)8-7-13(32)28-17(18)34/h1-6,29,35-46H,7-8,26H2,(H,28,32,34). The molecule has 2 aromatic rings. The third-order valence-electron chi connectivity index (χ3n) is 8.44. The number of benzene rings is 2. The van der Waals surface area contributed by atoms with E-state index in [1.54, 1.807) is 5.32 Å². The van der Waals surface area contributed by atoms with Crippen molar-refractivity contribution in [1.82, 2.24) is 15.1 Å². The first kappa shape index (κ1) is 35.0. The van der Waals surface area contributed by atoms with E-state index >= 15 is 4.39 Å². The molecule has 0 bridgehead atoms. The van der Waals surface area contributed by atoms with Gasteiger partial charge in [-0.3, -0.25) is 24.4 Å². The van der Waals surface area contributed by atoms with Gasteiger partial charge in [0.2, 0.25) is 17.3 Å². The molecule has 0 aliphatic carbocycles. The highest BCUT2D eigenvalue weighted by Gasteiger charge is 2.82. The molecule has 0 spiro atoms. The predicted molar refractivity (Wildman–Crippen MR) is 144 cm³/mol. The van der Waals surface area contributed by atoms with E-state index in [9.17, 15) is 75.7 Å². The van der Waals surface area contributed by atoms with Crippen LogP contribution in [0.2, 0.25) is 0 Å².